The van der Waals surface area contributed by atoms with E-state index in [1.807, 2.05) is 44.2 Å². The standard InChI is InChI=1S/C24H24N2O4S/c1-17(2)30-23-10-6-4-8-21(23)24(27)25-19-11-13-20(14-12-19)31(28,29)26-16-15-18-7-3-5-9-22(18)26/h3-14,17H,15-16H2,1-2H3,(H,25,27). The SMILES string of the molecule is CC(C)Oc1ccccc1C(=O)Nc1ccc(S(=O)(=O)N2CCc3ccccc32)cc1. The van der Waals surface area contributed by atoms with Gasteiger partial charge in [0.25, 0.3) is 15.9 Å². The fraction of sp³-hybridized carbons (Fsp3) is 0.208. The zero-order valence-electron chi connectivity index (χ0n) is 17.4. The molecule has 0 saturated heterocycles. The molecule has 4 rings (SSSR count). The van der Waals surface area contributed by atoms with E-state index < -0.39 is 10.0 Å². The molecule has 160 valence electrons. The van der Waals surface area contributed by atoms with Gasteiger partial charge in [0.1, 0.15) is 5.75 Å². The molecule has 1 aliphatic rings. The highest BCUT2D eigenvalue weighted by atomic mass is 32.2. The van der Waals surface area contributed by atoms with Crippen molar-refractivity contribution < 1.29 is 17.9 Å². The van der Waals surface area contributed by atoms with Crippen molar-refractivity contribution in [2.24, 2.45) is 0 Å². The summed E-state index contributed by atoms with van der Waals surface area (Å²) in [6.07, 6.45) is 0.635. The molecule has 3 aromatic carbocycles. The molecule has 1 N–H and O–H groups in total. The van der Waals surface area contributed by atoms with E-state index in [2.05, 4.69) is 5.32 Å². The van der Waals surface area contributed by atoms with E-state index in [4.69, 9.17) is 4.74 Å². The van der Waals surface area contributed by atoms with E-state index in [1.165, 1.54) is 16.4 Å². The van der Waals surface area contributed by atoms with Crippen LogP contribution in [0.5, 0.6) is 5.75 Å². The number of benzene rings is 3. The lowest BCUT2D eigenvalue weighted by atomic mass is 10.1. The molecular weight excluding hydrogens is 412 g/mol. The summed E-state index contributed by atoms with van der Waals surface area (Å²) >= 11 is 0. The Bertz CT molecular complexity index is 1200. The van der Waals surface area contributed by atoms with Crippen molar-refractivity contribution in [3.05, 3.63) is 83.9 Å². The molecular formula is C24H24N2O4S. The summed E-state index contributed by atoms with van der Waals surface area (Å²) in [5.74, 6) is 0.183. The summed E-state index contributed by atoms with van der Waals surface area (Å²) in [7, 11) is -3.67. The lowest BCUT2D eigenvalue weighted by molar-refractivity contribution is 0.102. The van der Waals surface area contributed by atoms with Crippen molar-refractivity contribution in [3.63, 3.8) is 0 Å². The van der Waals surface area contributed by atoms with Crippen LogP contribution >= 0.6 is 0 Å². The van der Waals surface area contributed by atoms with Gasteiger partial charge in [-0.15, -0.1) is 0 Å². The van der Waals surface area contributed by atoms with Crippen LogP contribution in [0.4, 0.5) is 11.4 Å². The molecule has 3 aromatic rings. The molecule has 0 radical (unpaired) electrons. The maximum absolute atomic E-state index is 13.1. The van der Waals surface area contributed by atoms with Gasteiger partial charge in [0.15, 0.2) is 0 Å². The fourth-order valence-corrected chi connectivity index (χ4v) is 5.11. The Kier molecular flexibility index (Phi) is 5.69. The highest BCUT2D eigenvalue weighted by Gasteiger charge is 2.30. The number of nitrogens with one attached hydrogen (secondary N) is 1. The molecule has 0 aromatic heterocycles. The Labute approximate surface area is 182 Å². The number of hydrogen-bond acceptors (Lipinski definition) is 4. The molecule has 31 heavy (non-hydrogen) atoms. The third-order valence-corrected chi connectivity index (χ3v) is 6.87. The zero-order chi connectivity index (χ0) is 22.0. The van der Waals surface area contributed by atoms with Gasteiger partial charge in [-0.2, -0.15) is 0 Å². The lowest BCUT2D eigenvalue weighted by Crippen LogP contribution is -2.29. The number of carbonyl (C=O) groups excluding carboxylic acids is 1. The minimum Gasteiger partial charge on any atom is -0.490 e. The number of hydrogen-bond donors (Lipinski definition) is 1. The first-order valence-corrected chi connectivity index (χ1v) is 11.6. The van der Waals surface area contributed by atoms with Crippen molar-refractivity contribution in [1.82, 2.24) is 0 Å². The molecule has 0 fully saturated rings. The van der Waals surface area contributed by atoms with E-state index in [9.17, 15) is 13.2 Å². The lowest BCUT2D eigenvalue weighted by Gasteiger charge is -2.19. The normalized spacial score (nSPS) is 13.2. The molecule has 1 heterocycles. The number of para-hydroxylation sites is 2. The third kappa shape index (κ3) is 4.27. The Morgan fingerprint density at radius 3 is 2.39 bits per heavy atom. The Hall–Kier alpha value is -3.32. The second-order valence-electron chi connectivity index (χ2n) is 7.60. The largest absolute Gasteiger partial charge is 0.490 e. The van der Waals surface area contributed by atoms with E-state index in [-0.39, 0.29) is 16.9 Å². The van der Waals surface area contributed by atoms with Crippen LogP contribution in [0.25, 0.3) is 0 Å². The minimum absolute atomic E-state index is 0.0610. The summed E-state index contributed by atoms with van der Waals surface area (Å²) in [6.45, 7) is 4.21. The Morgan fingerprint density at radius 1 is 0.968 bits per heavy atom. The van der Waals surface area contributed by atoms with E-state index in [0.717, 1.165) is 11.3 Å². The number of ether oxygens (including phenoxy) is 1. The predicted octanol–water partition coefficient (Wildman–Crippen LogP) is 4.48. The van der Waals surface area contributed by atoms with Crippen molar-refractivity contribution in [2.75, 3.05) is 16.2 Å². The van der Waals surface area contributed by atoms with Gasteiger partial charge in [-0.25, -0.2) is 8.42 Å². The van der Waals surface area contributed by atoms with Gasteiger partial charge in [0, 0.05) is 12.2 Å². The van der Waals surface area contributed by atoms with Gasteiger partial charge in [-0.05, 0) is 68.3 Å². The van der Waals surface area contributed by atoms with Gasteiger partial charge < -0.3 is 10.1 Å². The molecule has 0 unspecified atom stereocenters. The number of fused-ring (bicyclic) bond motifs is 1. The molecule has 0 aliphatic carbocycles. The van der Waals surface area contributed by atoms with Crippen molar-refractivity contribution in [2.45, 2.75) is 31.3 Å². The van der Waals surface area contributed by atoms with Crippen molar-refractivity contribution in [3.8, 4) is 5.75 Å². The van der Waals surface area contributed by atoms with Crippen molar-refractivity contribution >= 4 is 27.3 Å². The zero-order valence-corrected chi connectivity index (χ0v) is 18.2. The van der Waals surface area contributed by atoms with Crippen LogP contribution in [-0.4, -0.2) is 27.0 Å². The molecule has 0 spiro atoms. The summed E-state index contributed by atoms with van der Waals surface area (Å²) in [6, 6.07) is 20.8. The van der Waals surface area contributed by atoms with Crippen LogP contribution in [-0.2, 0) is 16.4 Å². The molecule has 0 bridgehead atoms. The summed E-state index contributed by atoms with van der Waals surface area (Å²) in [5.41, 5.74) is 2.67. The number of anilines is 2. The van der Waals surface area contributed by atoms with Crippen LogP contribution in [0.2, 0.25) is 0 Å². The number of nitrogens with zero attached hydrogens (tertiary/aromatic N) is 1. The van der Waals surface area contributed by atoms with Crippen LogP contribution in [0.15, 0.2) is 77.7 Å². The first-order chi connectivity index (χ1) is 14.9. The maximum atomic E-state index is 13.1. The summed E-state index contributed by atoms with van der Waals surface area (Å²) < 4.78 is 33.4. The van der Waals surface area contributed by atoms with E-state index in [0.29, 0.717) is 30.0 Å². The average Bonchev–Trinajstić information content (AvgIpc) is 3.19. The molecule has 1 amide bonds. The van der Waals surface area contributed by atoms with Gasteiger partial charge >= 0.3 is 0 Å². The second-order valence-corrected chi connectivity index (χ2v) is 9.46. The van der Waals surface area contributed by atoms with Gasteiger partial charge in [-0.1, -0.05) is 30.3 Å². The van der Waals surface area contributed by atoms with E-state index in [1.54, 1.807) is 30.3 Å². The van der Waals surface area contributed by atoms with Crippen LogP contribution in [0, 0.1) is 0 Å². The monoisotopic (exact) mass is 436 g/mol. The Morgan fingerprint density at radius 2 is 1.65 bits per heavy atom. The minimum atomic E-state index is -3.67. The number of rotatable bonds is 6. The molecule has 1 aliphatic heterocycles. The molecule has 7 heteroatoms. The number of sulfonamides is 1. The molecule has 6 nitrogen and oxygen atoms in total. The van der Waals surface area contributed by atoms with Crippen LogP contribution in [0.1, 0.15) is 29.8 Å². The fourth-order valence-electron chi connectivity index (χ4n) is 3.60. The molecule has 0 atom stereocenters. The molecule has 0 saturated carbocycles. The van der Waals surface area contributed by atoms with Crippen LogP contribution in [0.3, 0.4) is 0 Å². The average molecular weight is 437 g/mol. The predicted molar refractivity (Wildman–Crippen MR) is 121 cm³/mol. The van der Waals surface area contributed by atoms with Gasteiger partial charge in [0.2, 0.25) is 0 Å². The Balaban J connectivity index is 1.52. The topological polar surface area (TPSA) is 75.7 Å². The highest BCUT2D eigenvalue weighted by Crippen LogP contribution is 2.33. The summed E-state index contributed by atoms with van der Waals surface area (Å²) in [4.78, 5) is 12.9. The van der Waals surface area contributed by atoms with E-state index >= 15 is 0 Å². The maximum Gasteiger partial charge on any atom is 0.264 e. The summed E-state index contributed by atoms with van der Waals surface area (Å²) in [5, 5.41) is 2.81. The first-order valence-electron chi connectivity index (χ1n) is 10.1. The highest BCUT2D eigenvalue weighted by molar-refractivity contribution is 7.92. The quantitative estimate of drug-likeness (QED) is 0.618. The number of carbonyl (C=O) groups is 1. The second kappa shape index (κ2) is 8.43. The van der Waals surface area contributed by atoms with Gasteiger partial charge in [-0.3, -0.25) is 9.10 Å². The smallest absolute Gasteiger partial charge is 0.264 e. The van der Waals surface area contributed by atoms with Gasteiger partial charge in [0.05, 0.1) is 22.3 Å². The number of amides is 1. The van der Waals surface area contributed by atoms with Crippen molar-refractivity contribution in [1.29, 1.82) is 0 Å². The van der Waals surface area contributed by atoms with Crippen LogP contribution < -0.4 is 14.4 Å². The third-order valence-electron chi connectivity index (χ3n) is 5.04. The first kappa shape index (κ1) is 20.9.